The number of pyridine rings is 1. The zero-order valence-electron chi connectivity index (χ0n) is 11.1. The van der Waals surface area contributed by atoms with Gasteiger partial charge in [0.05, 0.1) is 16.1 Å². The summed E-state index contributed by atoms with van der Waals surface area (Å²) >= 11 is 0. The Hall–Kier alpha value is -3.01. The van der Waals surface area contributed by atoms with E-state index in [1.165, 1.54) is 12.1 Å². The van der Waals surface area contributed by atoms with E-state index < -0.39 is 4.92 Å². The van der Waals surface area contributed by atoms with Crippen LogP contribution in [0.15, 0.2) is 60.7 Å². The van der Waals surface area contributed by atoms with Crippen molar-refractivity contribution in [1.82, 2.24) is 4.98 Å². The van der Waals surface area contributed by atoms with Crippen LogP contribution in [0.3, 0.4) is 0 Å². The van der Waals surface area contributed by atoms with Crippen molar-refractivity contribution >= 4 is 28.7 Å². The van der Waals surface area contributed by atoms with Crippen LogP contribution in [0.4, 0.5) is 5.69 Å². The molecule has 0 radical (unpaired) electrons. The summed E-state index contributed by atoms with van der Waals surface area (Å²) in [7, 11) is 0. The molecule has 1 heterocycles. The van der Waals surface area contributed by atoms with Crippen LogP contribution in [0.1, 0.15) is 11.3 Å². The highest BCUT2D eigenvalue weighted by Crippen LogP contribution is 2.16. The van der Waals surface area contributed by atoms with E-state index in [9.17, 15) is 10.1 Å². The molecule has 0 aliphatic heterocycles. The minimum atomic E-state index is -0.397. The molecule has 2 aromatic carbocycles. The summed E-state index contributed by atoms with van der Waals surface area (Å²) < 4.78 is 0. The summed E-state index contributed by atoms with van der Waals surface area (Å²) in [5.74, 6) is 0. The standard InChI is InChI=1S/C17H12N2O2/c20-19(21)16-6-3-4-13(12-16)8-10-15-11-9-14-5-1-2-7-17(14)18-15/h1-12H/b10-8+. The molecule has 102 valence electrons. The number of para-hydroxylation sites is 1. The number of non-ortho nitro benzene ring substituents is 1. The third kappa shape index (κ3) is 2.95. The van der Waals surface area contributed by atoms with Gasteiger partial charge in [-0.1, -0.05) is 42.5 Å². The topological polar surface area (TPSA) is 56.0 Å². The normalized spacial score (nSPS) is 11.0. The van der Waals surface area contributed by atoms with Gasteiger partial charge in [0.2, 0.25) is 0 Å². The molecule has 1 aromatic heterocycles. The summed E-state index contributed by atoms with van der Waals surface area (Å²) in [6, 6.07) is 18.3. The van der Waals surface area contributed by atoms with E-state index in [-0.39, 0.29) is 5.69 Å². The lowest BCUT2D eigenvalue weighted by atomic mass is 10.1. The molecule has 0 bridgehead atoms. The Bertz CT molecular complexity index is 841. The highest BCUT2D eigenvalue weighted by atomic mass is 16.6. The maximum atomic E-state index is 10.7. The van der Waals surface area contributed by atoms with Gasteiger partial charge in [-0.3, -0.25) is 10.1 Å². The van der Waals surface area contributed by atoms with Gasteiger partial charge < -0.3 is 0 Å². The molecular weight excluding hydrogens is 264 g/mol. The number of nitro groups is 1. The van der Waals surface area contributed by atoms with Gasteiger partial charge in [0, 0.05) is 17.5 Å². The minimum absolute atomic E-state index is 0.0867. The van der Waals surface area contributed by atoms with Gasteiger partial charge in [-0.25, -0.2) is 4.98 Å². The lowest BCUT2D eigenvalue weighted by molar-refractivity contribution is -0.384. The van der Waals surface area contributed by atoms with Crippen molar-refractivity contribution in [2.24, 2.45) is 0 Å². The summed E-state index contributed by atoms with van der Waals surface area (Å²) in [5, 5.41) is 11.8. The van der Waals surface area contributed by atoms with Gasteiger partial charge in [0.25, 0.3) is 5.69 Å². The van der Waals surface area contributed by atoms with Gasteiger partial charge in [-0.15, -0.1) is 0 Å². The SMILES string of the molecule is O=[N+]([O-])c1cccc(/C=C/c2ccc3ccccc3n2)c1. The van der Waals surface area contributed by atoms with Gasteiger partial charge >= 0.3 is 0 Å². The van der Waals surface area contributed by atoms with Crippen LogP contribution in [0.25, 0.3) is 23.1 Å². The average Bonchev–Trinajstić information content (AvgIpc) is 2.53. The first-order chi connectivity index (χ1) is 10.2. The van der Waals surface area contributed by atoms with E-state index in [1.54, 1.807) is 6.07 Å². The molecule has 0 atom stereocenters. The van der Waals surface area contributed by atoms with E-state index in [1.807, 2.05) is 54.6 Å². The third-order valence-electron chi connectivity index (χ3n) is 3.15. The second kappa shape index (κ2) is 5.54. The molecule has 3 rings (SSSR count). The van der Waals surface area contributed by atoms with Crippen molar-refractivity contribution < 1.29 is 4.92 Å². The van der Waals surface area contributed by atoms with Crippen LogP contribution in [-0.2, 0) is 0 Å². The molecule has 0 amide bonds. The predicted molar refractivity (Wildman–Crippen MR) is 83.8 cm³/mol. The van der Waals surface area contributed by atoms with Crippen LogP contribution in [0.5, 0.6) is 0 Å². The second-order valence-electron chi connectivity index (χ2n) is 4.61. The Morgan fingerprint density at radius 1 is 0.952 bits per heavy atom. The molecule has 0 aliphatic rings. The van der Waals surface area contributed by atoms with Gasteiger partial charge in [0.1, 0.15) is 0 Å². The maximum Gasteiger partial charge on any atom is 0.270 e. The lowest BCUT2D eigenvalue weighted by Crippen LogP contribution is -1.87. The Balaban J connectivity index is 1.90. The summed E-state index contributed by atoms with van der Waals surface area (Å²) in [5.41, 5.74) is 2.61. The summed E-state index contributed by atoms with van der Waals surface area (Å²) in [4.78, 5) is 14.9. The number of hydrogen-bond donors (Lipinski definition) is 0. The number of fused-ring (bicyclic) bond motifs is 1. The van der Waals surface area contributed by atoms with Crippen molar-refractivity contribution in [3.63, 3.8) is 0 Å². The van der Waals surface area contributed by atoms with Gasteiger partial charge in [0.15, 0.2) is 0 Å². The fourth-order valence-electron chi connectivity index (χ4n) is 2.10. The summed E-state index contributed by atoms with van der Waals surface area (Å²) in [6.07, 6.45) is 3.68. The predicted octanol–water partition coefficient (Wildman–Crippen LogP) is 4.31. The zero-order chi connectivity index (χ0) is 14.7. The van der Waals surface area contributed by atoms with E-state index in [2.05, 4.69) is 4.98 Å². The lowest BCUT2D eigenvalue weighted by Gasteiger charge is -1.98. The van der Waals surface area contributed by atoms with Gasteiger partial charge in [-0.05, 0) is 23.8 Å². The van der Waals surface area contributed by atoms with Gasteiger partial charge in [-0.2, -0.15) is 0 Å². The number of aromatic nitrogens is 1. The first kappa shape index (κ1) is 13.0. The third-order valence-corrected chi connectivity index (χ3v) is 3.15. The van der Waals surface area contributed by atoms with Crippen LogP contribution >= 0.6 is 0 Å². The van der Waals surface area contributed by atoms with Crippen molar-refractivity contribution in [2.45, 2.75) is 0 Å². The number of nitrogens with zero attached hydrogens (tertiary/aromatic N) is 2. The molecule has 0 saturated heterocycles. The molecule has 0 saturated carbocycles. The molecule has 3 aromatic rings. The Labute approximate surface area is 121 Å². The number of benzene rings is 2. The molecule has 0 unspecified atom stereocenters. The van der Waals surface area contributed by atoms with Crippen LogP contribution in [-0.4, -0.2) is 9.91 Å². The highest BCUT2D eigenvalue weighted by molar-refractivity contribution is 5.80. The van der Waals surface area contributed by atoms with Crippen molar-refractivity contribution in [3.05, 3.63) is 82.0 Å². The fourth-order valence-corrected chi connectivity index (χ4v) is 2.10. The largest absolute Gasteiger partial charge is 0.270 e. The van der Waals surface area contributed by atoms with E-state index in [4.69, 9.17) is 0 Å². The number of rotatable bonds is 3. The molecule has 4 heteroatoms. The zero-order valence-corrected chi connectivity index (χ0v) is 11.1. The molecule has 21 heavy (non-hydrogen) atoms. The van der Waals surface area contributed by atoms with E-state index >= 15 is 0 Å². The first-order valence-electron chi connectivity index (χ1n) is 6.51. The Morgan fingerprint density at radius 3 is 2.67 bits per heavy atom. The maximum absolute atomic E-state index is 10.7. The highest BCUT2D eigenvalue weighted by Gasteiger charge is 2.03. The molecule has 0 aliphatic carbocycles. The van der Waals surface area contributed by atoms with Crippen molar-refractivity contribution in [3.8, 4) is 0 Å². The summed E-state index contributed by atoms with van der Waals surface area (Å²) in [6.45, 7) is 0. The van der Waals surface area contributed by atoms with Crippen LogP contribution < -0.4 is 0 Å². The molecular formula is C17H12N2O2. The Kier molecular flexibility index (Phi) is 3.43. The molecule has 4 nitrogen and oxygen atoms in total. The molecule has 0 spiro atoms. The number of nitro benzene ring substituents is 1. The van der Waals surface area contributed by atoms with Crippen LogP contribution in [0, 0.1) is 10.1 Å². The molecule has 0 fully saturated rings. The van der Waals surface area contributed by atoms with Crippen molar-refractivity contribution in [2.75, 3.05) is 0 Å². The number of hydrogen-bond acceptors (Lipinski definition) is 3. The van der Waals surface area contributed by atoms with E-state index in [0.29, 0.717) is 0 Å². The van der Waals surface area contributed by atoms with Crippen LogP contribution in [0.2, 0.25) is 0 Å². The fraction of sp³-hybridized carbons (Fsp3) is 0. The monoisotopic (exact) mass is 276 g/mol. The second-order valence-corrected chi connectivity index (χ2v) is 4.61. The smallest absolute Gasteiger partial charge is 0.258 e. The quantitative estimate of drug-likeness (QED) is 0.529. The molecule has 0 N–H and O–H groups in total. The minimum Gasteiger partial charge on any atom is -0.258 e. The first-order valence-corrected chi connectivity index (χ1v) is 6.51. The average molecular weight is 276 g/mol. The van der Waals surface area contributed by atoms with Crippen molar-refractivity contribution in [1.29, 1.82) is 0 Å². The Morgan fingerprint density at radius 2 is 1.81 bits per heavy atom. The van der Waals surface area contributed by atoms with E-state index in [0.717, 1.165) is 22.2 Å².